The predicted octanol–water partition coefficient (Wildman–Crippen LogP) is 3.57. The lowest BCUT2D eigenvalue weighted by atomic mass is 9.80. The van der Waals surface area contributed by atoms with E-state index in [1.54, 1.807) is 12.1 Å². The summed E-state index contributed by atoms with van der Waals surface area (Å²) in [5.74, 6) is 0.610. The highest BCUT2D eigenvalue weighted by Gasteiger charge is 2.33. The maximum atomic E-state index is 13.2. The van der Waals surface area contributed by atoms with Gasteiger partial charge in [0.25, 0.3) is 0 Å². The minimum Gasteiger partial charge on any atom is -0.384 e. The van der Waals surface area contributed by atoms with Crippen molar-refractivity contribution >= 4 is 17.3 Å². The molecule has 2 aliphatic carbocycles. The van der Waals surface area contributed by atoms with Gasteiger partial charge in [-0.05, 0) is 56.2 Å². The number of nitrogens with one attached hydrogen (secondary N) is 1. The lowest BCUT2D eigenvalue weighted by Gasteiger charge is -2.23. The predicted molar refractivity (Wildman–Crippen MR) is 103 cm³/mol. The Labute approximate surface area is 153 Å². The summed E-state index contributed by atoms with van der Waals surface area (Å²) in [7, 11) is 0. The molecule has 0 heterocycles. The molecule has 4 nitrogen and oxygen atoms in total. The standard InChI is InChI=1S/C22H24N2O2/c23-12-4-3-5-15-10-11-18(24-13-14-8-9-14)20-19(15)21(25)16-6-1-2-7-17(16)22(20)26/h1-2,6-7,10-11,14,24H,3-5,8-9,12-13,23H2. The van der Waals surface area contributed by atoms with E-state index in [4.69, 9.17) is 5.73 Å². The average molecular weight is 348 g/mol. The van der Waals surface area contributed by atoms with Crippen LogP contribution in [0, 0.1) is 5.92 Å². The van der Waals surface area contributed by atoms with E-state index in [0.29, 0.717) is 34.7 Å². The summed E-state index contributed by atoms with van der Waals surface area (Å²) in [6.07, 6.45) is 5.07. The summed E-state index contributed by atoms with van der Waals surface area (Å²) >= 11 is 0. The summed E-state index contributed by atoms with van der Waals surface area (Å²) in [6.45, 7) is 1.50. The van der Waals surface area contributed by atoms with E-state index in [2.05, 4.69) is 5.32 Å². The fourth-order valence-electron chi connectivity index (χ4n) is 3.68. The third kappa shape index (κ3) is 3.06. The molecule has 0 aromatic heterocycles. The lowest BCUT2D eigenvalue weighted by Crippen LogP contribution is -2.24. The van der Waals surface area contributed by atoms with Crippen LogP contribution in [-0.2, 0) is 6.42 Å². The van der Waals surface area contributed by atoms with Gasteiger partial charge in [-0.2, -0.15) is 0 Å². The highest BCUT2D eigenvalue weighted by molar-refractivity contribution is 6.30. The van der Waals surface area contributed by atoms with Crippen LogP contribution in [0.15, 0.2) is 36.4 Å². The van der Waals surface area contributed by atoms with Gasteiger partial charge in [0, 0.05) is 28.9 Å². The Morgan fingerprint density at radius 3 is 2.27 bits per heavy atom. The lowest BCUT2D eigenvalue weighted by molar-refractivity contribution is 0.0979. The summed E-state index contributed by atoms with van der Waals surface area (Å²) in [5, 5.41) is 3.42. The number of hydrogen-bond acceptors (Lipinski definition) is 4. The molecule has 2 aromatic rings. The van der Waals surface area contributed by atoms with Crippen LogP contribution in [0.25, 0.3) is 0 Å². The van der Waals surface area contributed by atoms with Gasteiger partial charge in [-0.3, -0.25) is 9.59 Å². The molecule has 4 rings (SSSR count). The van der Waals surface area contributed by atoms with Crippen LogP contribution in [0.2, 0.25) is 0 Å². The number of anilines is 1. The number of aryl methyl sites for hydroxylation is 1. The minimum atomic E-state index is -0.0471. The molecule has 2 aliphatic rings. The van der Waals surface area contributed by atoms with Crippen molar-refractivity contribution in [1.82, 2.24) is 0 Å². The molecule has 0 saturated heterocycles. The molecular weight excluding hydrogens is 324 g/mol. The smallest absolute Gasteiger partial charge is 0.196 e. The van der Waals surface area contributed by atoms with Crippen molar-refractivity contribution in [2.24, 2.45) is 11.7 Å². The van der Waals surface area contributed by atoms with Gasteiger partial charge >= 0.3 is 0 Å². The van der Waals surface area contributed by atoms with E-state index >= 15 is 0 Å². The summed E-state index contributed by atoms with van der Waals surface area (Å²) in [4.78, 5) is 26.4. The van der Waals surface area contributed by atoms with Gasteiger partial charge < -0.3 is 11.1 Å². The molecule has 2 aromatic carbocycles. The molecule has 0 bridgehead atoms. The molecule has 134 valence electrons. The first-order chi connectivity index (χ1) is 12.7. The summed E-state index contributed by atoms with van der Waals surface area (Å²) in [6, 6.07) is 11.1. The van der Waals surface area contributed by atoms with Crippen LogP contribution in [0.4, 0.5) is 5.69 Å². The van der Waals surface area contributed by atoms with Crippen molar-refractivity contribution in [1.29, 1.82) is 0 Å². The molecule has 0 radical (unpaired) electrons. The maximum Gasteiger partial charge on any atom is 0.196 e. The van der Waals surface area contributed by atoms with Gasteiger partial charge in [0.05, 0.1) is 5.56 Å². The van der Waals surface area contributed by atoms with Crippen LogP contribution in [0.3, 0.4) is 0 Å². The third-order valence-corrected chi connectivity index (χ3v) is 5.34. The molecule has 1 fully saturated rings. The number of fused-ring (bicyclic) bond motifs is 2. The van der Waals surface area contributed by atoms with Crippen molar-refractivity contribution in [3.8, 4) is 0 Å². The van der Waals surface area contributed by atoms with E-state index in [1.807, 2.05) is 24.3 Å². The zero-order valence-electron chi connectivity index (χ0n) is 14.9. The molecule has 0 aliphatic heterocycles. The van der Waals surface area contributed by atoms with Gasteiger partial charge in [0.15, 0.2) is 11.6 Å². The Bertz CT molecular complexity index is 868. The number of carbonyl (C=O) groups excluding carboxylic acids is 2. The van der Waals surface area contributed by atoms with Crippen molar-refractivity contribution in [3.05, 3.63) is 64.2 Å². The minimum absolute atomic E-state index is 0.0342. The van der Waals surface area contributed by atoms with Crippen LogP contribution in [0.5, 0.6) is 0 Å². The second-order valence-corrected chi connectivity index (χ2v) is 7.30. The molecule has 26 heavy (non-hydrogen) atoms. The highest BCUT2D eigenvalue weighted by Crippen LogP contribution is 2.36. The topological polar surface area (TPSA) is 72.2 Å². The molecule has 0 unspecified atom stereocenters. The van der Waals surface area contributed by atoms with Crippen LogP contribution < -0.4 is 11.1 Å². The number of ketones is 2. The fraction of sp³-hybridized carbons (Fsp3) is 0.364. The van der Waals surface area contributed by atoms with Crippen LogP contribution >= 0.6 is 0 Å². The second-order valence-electron chi connectivity index (χ2n) is 7.30. The average Bonchev–Trinajstić information content (AvgIpc) is 3.49. The first-order valence-electron chi connectivity index (χ1n) is 9.49. The van der Waals surface area contributed by atoms with Gasteiger partial charge in [-0.25, -0.2) is 0 Å². The van der Waals surface area contributed by atoms with Crippen molar-refractivity contribution in [3.63, 3.8) is 0 Å². The van der Waals surface area contributed by atoms with Gasteiger partial charge in [-0.15, -0.1) is 0 Å². The molecule has 1 saturated carbocycles. The molecular formula is C22H24N2O2. The highest BCUT2D eigenvalue weighted by atomic mass is 16.1. The van der Waals surface area contributed by atoms with E-state index in [0.717, 1.165) is 37.1 Å². The number of hydrogen-bond donors (Lipinski definition) is 2. The van der Waals surface area contributed by atoms with Crippen molar-refractivity contribution in [2.75, 3.05) is 18.4 Å². The van der Waals surface area contributed by atoms with Crippen molar-refractivity contribution in [2.45, 2.75) is 32.1 Å². The first-order valence-corrected chi connectivity index (χ1v) is 9.49. The Morgan fingerprint density at radius 1 is 0.923 bits per heavy atom. The third-order valence-electron chi connectivity index (χ3n) is 5.34. The number of benzene rings is 2. The molecule has 0 amide bonds. The zero-order valence-corrected chi connectivity index (χ0v) is 14.9. The Morgan fingerprint density at radius 2 is 1.62 bits per heavy atom. The number of nitrogens with two attached hydrogens (primary N) is 1. The number of carbonyl (C=O) groups is 2. The number of unbranched alkanes of at least 4 members (excludes halogenated alkanes) is 1. The fourth-order valence-corrected chi connectivity index (χ4v) is 3.68. The van der Waals surface area contributed by atoms with Crippen molar-refractivity contribution < 1.29 is 9.59 Å². The molecule has 3 N–H and O–H groups in total. The quantitative estimate of drug-likeness (QED) is 0.640. The maximum absolute atomic E-state index is 13.2. The van der Waals surface area contributed by atoms with Gasteiger partial charge in [-0.1, -0.05) is 30.3 Å². The first kappa shape index (κ1) is 17.0. The van der Waals surface area contributed by atoms with E-state index in [1.165, 1.54) is 12.8 Å². The monoisotopic (exact) mass is 348 g/mol. The van der Waals surface area contributed by atoms with Crippen LogP contribution in [-0.4, -0.2) is 24.7 Å². The normalized spacial score (nSPS) is 15.6. The van der Waals surface area contributed by atoms with Gasteiger partial charge in [0.2, 0.25) is 0 Å². The molecule has 0 spiro atoms. The van der Waals surface area contributed by atoms with E-state index in [9.17, 15) is 9.59 Å². The Kier molecular flexibility index (Phi) is 4.60. The summed E-state index contributed by atoms with van der Waals surface area (Å²) in [5.41, 5.74) is 9.54. The zero-order chi connectivity index (χ0) is 18.1. The molecule has 0 atom stereocenters. The number of rotatable bonds is 7. The molecule has 4 heteroatoms. The van der Waals surface area contributed by atoms with Gasteiger partial charge in [0.1, 0.15) is 0 Å². The Hall–Kier alpha value is -2.46. The largest absolute Gasteiger partial charge is 0.384 e. The Balaban J connectivity index is 1.78. The van der Waals surface area contributed by atoms with Crippen LogP contribution in [0.1, 0.15) is 63.1 Å². The SMILES string of the molecule is NCCCCc1ccc(NCC2CC2)c2c1C(=O)c1ccccc1C2=O. The van der Waals surface area contributed by atoms with E-state index in [-0.39, 0.29) is 11.6 Å². The second kappa shape index (κ2) is 7.04. The summed E-state index contributed by atoms with van der Waals surface area (Å²) < 4.78 is 0. The van der Waals surface area contributed by atoms with E-state index < -0.39 is 0 Å².